The molecule has 0 spiro atoms. The van der Waals surface area contributed by atoms with Crippen LogP contribution in [0, 0.1) is 31.6 Å². The minimum absolute atomic E-state index is 0.388. The van der Waals surface area contributed by atoms with E-state index in [1.54, 1.807) is 0 Å². The Labute approximate surface area is 194 Å². The zero-order valence-electron chi connectivity index (χ0n) is 21.0. The number of aryl methyl sites for hydroxylation is 2. The lowest BCUT2D eigenvalue weighted by Gasteiger charge is -2.19. The van der Waals surface area contributed by atoms with E-state index in [-0.39, 0.29) is 5.41 Å². The minimum atomic E-state index is -0.705. The molecule has 180 valence electrons. The van der Waals surface area contributed by atoms with Crippen LogP contribution in [0.25, 0.3) is 0 Å². The van der Waals surface area contributed by atoms with Crippen molar-refractivity contribution in [3.05, 3.63) is 33.9 Å². The SMILES string of the molecule is Cc1cc(C)c(CCCCCCC(C)(C)C(=O)O)c(CCCCCC2(C(=O)O)CC2)c1C. The highest BCUT2D eigenvalue weighted by molar-refractivity contribution is 5.77. The molecule has 0 aromatic heterocycles. The molecule has 1 aromatic carbocycles. The van der Waals surface area contributed by atoms with Crippen molar-refractivity contribution in [3.8, 4) is 0 Å². The normalized spacial score (nSPS) is 15.0. The van der Waals surface area contributed by atoms with E-state index in [2.05, 4.69) is 26.8 Å². The summed E-state index contributed by atoms with van der Waals surface area (Å²) in [5.74, 6) is -1.31. The lowest BCUT2D eigenvalue weighted by molar-refractivity contribution is -0.147. The molecule has 0 radical (unpaired) electrons. The number of carboxylic acid groups (broad SMARTS) is 2. The first-order chi connectivity index (χ1) is 15.0. The van der Waals surface area contributed by atoms with Gasteiger partial charge in [-0.15, -0.1) is 0 Å². The van der Waals surface area contributed by atoms with E-state index in [0.29, 0.717) is 0 Å². The maximum absolute atomic E-state index is 11.4. The summed E-state index contributed by atoms with van der Waals surface area (Å²) in [6.07, 6.45) is 13.0. The third-order valence-electron chi connectivity index (χ3n) is 7.76. The first-order valence-electron chi connectivity index (χ1n) is 12.6. The van der Waals surface area contributed by atoms with E-state index in [1.807, 2.05) is 13.8 Å². The second-order valence-electron chi connectivity index (χ2n) is 10.8. The number of unbranched alkanes of at least 4 members (excludes halogenated alkanes) is 5. The maximum atomic E-state index is 11.4. The van der Waals surface area contributed by atoms with Crippen molar-refractivity contribution in [1.29, 1.82) is 0 Å². The molecule has 0 amide bonds. The number of benzene rings is 1. The van der Waals surface area contributed by atoms with Gasteiger partial charge in [0.05, 0.1) is 10.8 Å². The van der Waals surface area contributed by atoms with Crippen LogP contribution < -0.4 is 0 Å². The molecule has 1 aromatic rings. The molecule has 0 aliphatic heterocycles. The molecule has 2 N–H and O–H groups in total. The highest BCUT2D eigenvalue weighted by Gasteiger charge is 2.49. The molecule has 0 heterocycles. The van der Waals surface area contributed by atoms with Crippen molar-refractivity contribution in [2.75, 3.05) is 0 Å². The monoisotopic (exact) mass is 444 g/mol. The van der Waals surface area contributed by atoms with Crippen LogP contribution in [0.4, 0.5) is 0 Å². The van der Waals surface area contributed by atoms with Crippen LogP contribution in [-0.4, -0.2) is 22.2 Å². The molecule has 0 atom stereocenters. The highest BCUT2D eigenvalue weighted by atomic mass is 16.4. The Morgan fingerprint density at radius 1 is 0.844 bits per heavy atom. The summed E-state index contributed by atoms with van der Waals surface area (Å²) in [4.78, 5) is 22.6. The van der Waals surface area contributed by atoms with Crippen molar-refractivity contribution >= 4 is 11.9 Å². The Morgan fingerprint density at radius 3 is 1.97 bits per heavy atom. The number of carboxylic acids is 2. The standard InChI is InChI=1S/C28H44O4/c1-20-19-21(2)23(13-9-6-7-11-15-27(4,5)25(29)30)24(22(20)3)14-10-8-12-16-28(17-18-28)26(31)32/h19H,6-18H2,1-5H3,(H,29,30)(H,31,32). The summed E-state index contributed by atoms with van der Waals surface area (Å²) >= 11 is 0. The Balaban J connectivity index is 1.83. The van der Waals surface area contributed by atoms with E-state index >= 15 is 0 Å². The number of carbonyl (C=O) groups is 2. The largest absolute Gasteiger partial charge is 0.481 e. The summed E-state index contributed by atoms with van der Waals surface area (Å²) in [6, 6.07) is 2.31. The second-order valence-corrected chi connectivity index (χ2v) is 10.8. The fourth-order valence-corrected chi connectivity index (χ4v) is 4.90. The minimum Gasteiger partial charge on any atom is -0.481 e. The summed E-state index contributed by atoms with van der Waals surface area (Å²) in [6.45, 7) is 10.3. The van der Waals surface area contributed by atoms with Crippen LogP contribution in [0.15, 0.2) is 6.07 Å². The molecule has 0 bridgehead atoms. The van der Waals surface area contributed by atoms with Crippen molar-refractivity contribution in [2.24, 2.45) is 10.8 Å². The Hall–Kier alpha value is -1.84. The molecule has 1 aliphatic rings. The quantitative estimate of drug-likeness (QED) is 0.281. The molecule has 0 saturated heterocycles. The Kier molecular flexibility index (Phi) is 9.36. The summed E-state index contributed by atoms with van der Waals surface area (Å²) in [5, 5.41) is 18.6. The summed E-state index contributed by atoms with van der Waals surface area (Å²) in [7, 11) is 0. The first-order valence-corrected chi connectivity index (χ1v) is 12.6. The third kappa shape index (κ3) is 7.08. The molecule has 4 nitrogen and oxygen atoms in total. The second kappa shape index (κ2) is 11.3. The van der Waals surface area contributed by atoms with E-state index < -0.39 is 17.4 Å². The Morgan fingerprint density at radius 2 is 1.41 bits per heavy atom. The van der Waals surface area contributed by atoms with Gasteiger partial charge in [0.2, 0.25) is 0 Å². The van der Waals surface area contributed by atoms with Crippen molar-refractivity contribution < 1.29 is 19.8 Å². The molecule has 0 unspecified atom stereocenters. The van der Waals surface area contributed by atoms with Crippen LogP contribution in [0.2, 0.25) is 0 Å². The molecular weight excluding hydrogens is 400 g/mol. The smallest absolute Gasteiger partial charge is 0.309 e. The fourth-order valence-electron chi connectivity index (χ4n) is 4.90. The van der Waals surface area contributed by atoms with Gasteiger partial charge in [0.25, 0.3) is 0 Å². The molecule has 32 heavy (non-hydrogen) atoms. The van der Waals surface area contributed by atoms with Crippen LogP contribution in [0.5, 0.6) is 0 Å². The van der Waals surface area contributed by atoms with Crippen molar-refractivity contribution in [1.82, 2.24) is 0 Å². The van der Waals surface area contributed by atoms with Crippen molar-refractivity contribution in [3.63, 3.8) is 0 Å². The number of aliphatic carboxylic acids is 2. The van der Waals surface area contributed by atoms with Gasteiger partial charge in [-0.3, -0.25) is 9.59 Å². The molecule has 1 aliphatic carbocycles. The topological polar surface area (TPSA) is 74.6 Å². The molecule has 1 fully saturated rings. The lowest BCUT2D eigenvalue weighted by Crippen LogP contribution is -2.23. The van der Waals surface area contributed by atoms with Gasteiger partial charge in [0.15, 0.2) is 0 Å². The summed E-state index contributed by atoms with van der Waals surface area (Å²) in [5.41, 5.74) is 6.16. The first kappa shape index (κ1) is 26.4. The molecular formula is C28H44O4. The maximum Gasteiger partial charge on any atom is 0.309 e. The predicted molar refractivity (Wildman–Crippen MR) is 130 cm³/mol. The van der Waals surface area contributed by atoms with Gasteiger partial charge in [-0.05, 0) is 114 Å². The van der Waals surface area contributed by atoms with E-state index in [4.69, 9.17) is 0 Å². The zero-order valence-corrected chi connectivity index (χ0v) is 21.0. The Bertz CT molecular complexity index is 802. The van der Waals surface area contributed by atoms with Gasteiger partial charge in [-0.25, -0.2) is 0 Å². The van der Waals surface area contributed by atoms with E-state index in [0.717, 1.165) is 83.5 Å². The van der Waals surface area contributed by atoms with E-state index in [9.17, 15) is 19.8 Å². The average molecular weight is 445 g/mol. The van der Waals surface area contributed by atoms with Gasteiger partial charge >= 0.3 is 11.9 Å². The lowest BCUT2D eigenvalue weighted by atomic mass is 9.86. The van der Waals surface area contributed by atoms with Crippen LogP contribution in [0.1, 0.15) is 112 Å². The van der Waals surface area contributed by atoms with E-state index in [1.165, 1.54) is 27.8 Å². The number of hydrogen-bond acceptors (Lipinski definition) is 2. The molecule has 2 rings (SSSR count). The van der Waals surface area contributed by atoms with Gasteiger partial charge < -0.3 is 10.2 Å². The van der Waals surface area contributed by atoms with Gasteiger partial charge in [0.1, 0.15) is 0 Å². The van der Waals surface area contributed by atoms with Gasteiger partial charge in [0, 0.05) is 0 Å². The van der Waals surface area contributed by atoms with Crippen LogP contribution in [-0.2, 0) is 22.4 Å². The third-order valence-corrected chi connectivity index (χ3v) is 7.76. The number of rotatable bonds is 15. The molecule has 4 heteroatoms. The highest BCUT2D eigenvalue weighted by Crippen LogP contribution is 2.50. The zero-order chi connectivity index (χ0) is 23.9. The van der Waals surface area contributed by atoms with Crippen LogP contribution >= 0.6 is 0 Å². The predicted octanol–water partition coefficient (Wildman–Crippen LogP) is 7.18. The van der Waals surface area contributed by atoms with Crippen molar-refractivity contribution in [2.45, 2.75) is 118 Å². The molecule has 1 saturated carbocycles. The number of hydrogen-bond donors (Lipinski definition) is 2. The van der Waals surface area contributed by atoms with Crippen LogP contribution in [0.3, 0.4) is 0 Å². The van der Waals surface area contributed by atoms with Gasteiger partial charge in [-0.1, -0.05) is 38.2 Å². The fraction of sp³-hybridized carbons (Fsp3) is 0.714. The summed E-state index contributed by atoms with van der Waals surface area (Å²) < 4.78 is 0. The average Bonchev–Trinajstić information content (AvgIpc) is 3.50. The van der Waals surface area contributed by atoms with Gasteiger partial charge in [-0.2, -0.15) is 0 Å².